The monoisotopic (exact) mass is 358 g/mol. The Morgan fingerprint density at radius 1 is 0.960 bits per heavy atom. The van der Waals surface area contributed by atoms with Crippen LogP contribution in [0.15, 0.2) is 54.6 Å². The quantitative estimate of drug-likeness (QED) is 0.502. The summed E-state index contributed by atoms with van der Waals surface area (Å²) in [4.78, 5) is 0.500. The summed E-state index contributed by atoms with van der Waals surface area (Å²) < 4.78 is 0. The van der Waals surface area contributed by atoms with Gasteiger partial charge >= 0.3 is 0 Å². The molecule has 0 aliphatic carbocycles. The maximum atomic E-state index is 8.99. The molecule has 2 aromatic rings. The zero-order chi connectivity index (χ0) is 19.1. The Labute approximate surface area is 157 Å². The molecule has 0 radical (unpaired) electrons. The van der Waals surface area contributed by atoms with Crippen molar-refractivity contribution in [3.8, 4) is 5.75 Å². The average Bonchev–Trinajstić information content (AvgIpc) is 2.56. The van der Waals surface area contributed by atoms with Gasteiger partial charge in [0, 0.05) is 5.71 Å². The van der Waals surface area contributed by atoms with Gasteiger partial charge in [-0.2, -0.15) is 0 Å². The van der Waals surface area contributed by atoms with Gasteiger partial charge in [0.05, 0.1) is 4.99 Å². The number of benzene rings is 2. The molecule has 2 aromatic carbocycles. The molecule has 0 heterocycles. The second kappa shape index (κ2) is 14.2. The zero-order valence-electron chi connectivity index (χ0n) is 15.5. The number of nitrogens with one attached hydrogen (secondary N) is 1. The van der Waals surface area contributed by atoms with Crippen molar-refractivity contribution in [2.75, 3.05) is 0 Å². The Morgan fingerprint density at radius 3 is 1.88 bits per heavy atom. The van der Waals surface area contributed by atoms with Gasteiger partial charge in [0.15, 0.2) is 0 Å². The van der Waals surface area contributed by atoms with Crippen molar-refractivity contribution in [2.45, 2.75) is 46.5 Å². The average molecular weight is 359 g/mol. The fourth-order valence-electron chi connectivity index (χ4n) is 1.93. The van der Waals surface area contributed by atoms with Crippen LogP contribution in [0, 0.1) is 5.41 Å². The predicted octanol–water partition coefficient (Wildman–Crippen LogP) is 5.30. The highest BCUT2D eigenvalue weighted by molar-refractivity contribution is 7.80. The molecule has 136 valence electrons. The van der Waals surface area contributed by atoms with Gasteiger partial charge in [-0.1, -0.05) is 68.0 Å². The van der Waals surface area contributed by atoms with E-state index in [0.717, 1.165) is 12.8 Å². The van der Waals surface area contributed by atoms with E-state index in [2.05, 4.69) is 49.5 Å². The van der Waals surface area contributed by atoms with Crippen molar-refractivity contribution in [3.05, 3.63) is 65.7 Å². The molecule has 0 spiro atoms. The first-order chi connectivity index (χ1) is 11.8. The molecule has 0 amide bonds. The minimum absolute atomic E-state index is 0.297. The molecule has 0 aliphatic rings. The molecule has 0 saturated carbocycles. The number of hydrogen-bond acceptors (Lipinski definition) is 3. The summed E-state index contributed by atoms with van der Waals surface area (Å²) in [6.07, 6.45) is 4.13. The third-order valence-electron chi connectivity index (χ3n) is 3.11. The van der Waals surface area contributed by atoms with E-state index in [9.17, 15) is 0 Å². The molecule has 0 unspecified atom stereocenters. The molecule has 2 rings (SSSR count). The highest BCUT2D eigenvalue weighted by Gasteiger charge is 1.94. The first-order valence-electron chi connectivity index (χ1n) is 8.47. The van der Waals surface area contributed by atoms with Crippen molar-refractivity contribution < 1.29 is 5.11 Å². The van der Waals surface area contributed by atoms with Crippen molar-refractivity contribution in [3.63, 3.8) is 0 Å². The van der Waals surface area contributed by atoms with Crippen LogP contribution in [0.3, 0.4) is 0 Å². The fraction of sp³-hybridized carbons (Fsp3) is 0.333. The molecule has 0 aromatic heterocycles. The van der Waals surface area contributed by atoms with Crippen LogP contribution in [0.5, 0.6) is 5.75 Å². The largest absolute Gasteiger partial charge is 0.508 e. The van der Waals surface area contributed by atoms with Crippen LogP contribution in [0.4, 0.5) is 0 Å². The molecule has 0 saturated heterocycles. The van der Waals surface area contributed by atoms with E-state index in [1.54, 1.807) is 26.0 Å². The van der Waals surface area contributed by atoms with Gasteiger partial charge in [-0.15, -0.1) is 0 Å². The number of aryl methyl sites for hydroxylation is 2. The standard InChI is InChI=1S/C10H13NO.C9H12.C2H5NS/c1-8(11)2-3-9-4-6-10(12)7-5-9;1-2-6-9-7-4-3-5-8-9;1-2(3)4/h4-7,11-12H,2-3H2,1H3;3-5,7-8H,2,6H2,1H3;1H3,(H2,3,4). The SMILES string of the molecule is CC(=N)CCc1ccc(O)cc1.CC(N)=S.CCCc1ccccc1. The normalized spacial score (nSPS) is 9.08. The molecule has 0 fully saturated rings. The van der Waals surface area contributed by atoms with Gasteiger partial charge in [0.1, 0.15) is 5.75 Å². The summed E-state index contributed by atoms with van der Waals surface area (Å²) in [5.74, 6) is 0.297. The first-order valence-corrected chi connectivity index (χ1v) is 8.87. The van der Waals surface area contributed by atoms with Crippen LogP contribution in [0.1, 0.15) is 44.7 Å². The lowest BCUT2D eigenvalue weighted by Crippen LogP contribution is -1.98. The van der Waals surface area contributed by atoms with Crippen LogP contribution in [0.25, 0.3) is 0 Å². The Balaban J connectivity index is 0.000000391. The smallest absolute Gasteiger partial charge is 0.115 e. The van der Waals surface area contributed by atoms with E-state index in [1.165, 1.54) is 24.0 Å². The van der Waals surface area contributed by atoms with E-state index in [4.69, 9.17) is 16.2 Å². The van der Waals surface area contributed by atoms with Crippen LogP contribution in [0.2, 0.25) is 0 Å². The van der Waals surface area contributed by atoms with Crippen molar-refractivity contribution in [1.82, 2.24) is 0 Å². The third kappa shape index (κ3) is 15.1. The lowest BCUT2D eigenvalue weighted by Gasteiger charge is -1.99. The van der Waals surface area contributed by atoms with Gasteiger partial charge in [-0.25, -0.2) is 0 Å². The van der Waals surface area contributed by atoms with Gasteiger partial charge < -0.3 is 16.2 Å². The van der Waals surface area contributed by atoms with Gasteiger partial charge in [0.25, 0.3) is 0 Å². The summed E-state index contributed by atoms with van der Waals surface area (Å²) in [5.41, 5.74) is 8.15. The van der Waals surface area contributed by atoms with Crippen molar-refractivity contribution in [1.29, 1.82) is 5.41 Å². The molecule has 0 bridgehead atoms. The van der Waals surface area contributed by atoms with Gasteiger partial charge in [-0.3, -0.25) is 0 Å². The highest BCUT2D eigenvalue weighted by atomic mass is 32.1. The number of thiocarbonyl (C=S) groups is 1. The summed E-state index contributed by atoms with van der Waals surface area (Å²) in [6, 6.07) is 17.7. The van der Waals surface area contributed by atoms with E-state index in [-0.39, 0.29) is 0 Å². The van der Waals surface area contributed by atoms with Crippen molar-refractivity contribution >= 4 is 22.9 Å². The first kappa shape index (κ1) is 22.8. The summed E-state index contributed by atoms with van der Waals surface area (Å²) in [6.45, 7) is 5.68. The number of phenolic OH excluding ortho intramolecular Hbond substituents is 1. The van der Waals surface area contributed by atoms with E-state index < -0.39 is 0 Å². The van der Waals surface area contributed by atoms with Crippen LogP contribution < -0.4 is 5.73 Å². The molecule has 25 heavy (non-hydrogen) atoms. The molecule has 4 heteroatoms. The lowest BCUT2D eigenvalue weighted by atomic mass is 10.1. The molecular weight excluding hydrogens is 328 g/mol. The highest BCUT2D eigenvalue weighted by Crippen LogP contribution is 2.11. The van der Waals surface area contributed by atoms with E-state index >= 15 is 0 Å². The Hall–Kier alpha value is -2.20. The topological polar surface area (TPSA) is 70.1 Å². The minimum atomic E-state index is 0.297. The lowest BCUT2D eigenvalue weighted by molar-refractivity contribution is 0.475. The van der Waals surface area contributed by atoms with Gasteiger partial charge in [0.2, 0.25) is 0 Å². The summed E-state index contributed by atoms with van der Waals surface area (Å²) in [7, 11) is 0. The molecule has 4 N–H and O–H groups in total. The number of hydrogen-bond donors (Lipinski definition) is 3. The van der Waals surface area contributed by atoms with Crippen LogP contribution in [-0.2, 0) is 12.8 Å². The maximum absolute atomic E-state index is 8.99. The van der Waals surface area contributed by atoms with Crippen LogP contribution >= 0.6 is 12.2 Å². The summed E-state index contributed by atoms with van der Waals surface area (Å²) in [5, 5.41) is 16.2. The zero-order valence-corrected chi connectivity index (χ0v) is 16.3. The number of nitrogens with two attached hydrogens (primary N) is 1. The van der Waals surface area contributed by atoms with E-state index in [0.29, 0.717) is 16.4 Å². The number of rotatable bonds is 5. The van der Waals surface area contributed by atoms with Crippen LogP contribution in [-0.4, -0.2) is 15.8 Å². The Kier molecular flexibility index (Phi) is 12.9. The number of phenols is 1. The fourth-order valence-corrected chi connectivity index (χ4v) is 1.93. The van der Waals surface area contributed by atoms with Gasteiger partial charge in [-0.05, 0) is 56.4 Å². The molecular formula is C21H30N2OS. The number of aromatic hydroxyl groups is 1. The second-order valence-electron chi connectivity index (χ2n) is 5.79. The Bertz CT molecular complexity index is 606. The molecule has 0 atom stereocenters. The van der Waals surface area contributed by atoms with E-state index in [1.807, 2.05) is 12.1 Å². The maximum Gasteiger partial charge on any atom is 0.115 e. The molecule has 0 aliphatic heterocycles. The molecule has 3 nitrogen and oxygen atoms in total. The minimum Gasteiger partial charge on any atom is -0.508 e. The van der Waals surface area contributed by atoms with Crippen molar-refractivity contribution in [2.24, 2.45) is 5.73 Å². The second-order valence-corrected chi connectivity index (χ2v) is 6.44. The summed E-state index contributed by atoms with van der Waals surface area (Å²) >= 11 is 4.31. The predicted molar refractivity (Wildman–Crippen MR) is 113 cm³/mol. The Morgan fingerprint density at radius 2 is 1.44 bits per heavy atom. The third-order valence-corrected chi connectivity index (χ3v) is 3.11.